The summed E-state index contributed by atoms with van der Waals surface area (Å²) in [4.78, 5) is 23.5. The molecule has 0 saturated heterocycles. The molecule has 1 N–H and O–H groups in total. The van der Waals surface area contributed by atoms with Gasteiger partial charge in [0, 0.05) is 0 Å². The number of hydrogen-bond acceptors (Lipinski definition) is 5. The third-order valence-electron chi connectivity index (χ3n) is 3.10. The second kappa shape index (κ2) is 8.41. The Bertz CT molecular complexity index is 756. The summed E-state index contributed by atoms with van der Waals surface area (Å²) in [6, 6.07) is 5.57. The zero-order valence-corrected chi connectivity index (χ0v) is 13.8. The van der Waals surface area contributed by atoms with Gasteiger partial charge in [0.25, 0.3) is 5.91 Å². The summed E-state index contributed by atoms with van der Waals surface area (Å²) in [5.41, 5.74) is -1.10. The third kappa shape index (κ3) is 5.27. The van der Waals surface area contributed by atoms with Crippen LogP contribution < -0.4 is 10.1 Å². The lowest BCUT2D eigenvalue weighted by atomic mass is 10.1. The van der Waals surface area contributed by atoms with Crippen molar-refractivity contribution in [1.29, 1.82) is 0 Å². The van der Waals surface area contributed by atoms with Crippen LogP contribution in [0.1, 0.15) is 29.5 Å². The molecule has 2 rings (SSSR count). The van der Waals surface area contributed by atoms with E-state index in [0.717, 1.165) is 18.2 Å². The molecule has 0 unspecified atom stereocenters. The number of halogens is 3. The zero-order valence-electron chi connectivity index (χ0n) is 13.8. The first-order valence-corrected chi connectivity index (χ1v) is 7.65. The van der Waals surface area contributed by atoms with E-state index in [9.17, 15) is 22.8 Å². The smallest absolute Gasteiger partial charge is 0.416 e. The molecular weight excluding hydrogens is 355 g/mol. The van der Waals surface area contributed by atoms with Gasteiger partial charge < -0.3 is 19.2 Å². The number of alkyl halides is 3. The summed E-state index contributed by atoms with van der Waals surface area (Å²) < 4.78 is 53.5. The number of anilines is 1. The Kier molecular flexibility index (Phi) is 6.26. The minimum Gasteiger partial charge on any atom is -0.491 e. The number of ether oxygens (including phenoxy) is 2. The number of esters is 1. The van der Waals surface area contributed by atoms with E-state index in [0.29, 0.717) is 6.42 Å². The molecule has 1 amide bonds. The number of benzene rings is 1. The Hall–Kier alpha value is -2.97. The summed E-state index contributed by atoms with van der Waals surface area (Å²) in [5.74, 6) is -1.68. The predicted molar refractivity (Wildman–Crippen MR) is 84.9 cm³/mol. The van der Waals surface area contributed by atoms with E-state index in [-0.39, 0.29) is 23.8 Å². The molecule has 0 aliphatic rings. The van der Waals surface area contributed by atoms with Crippen LogP contribution in [0.15, 0.2) is 41.0 Å². The minimum atomic E-state index is -4.57. The molecule has 0 radical (unpaired) electrons. The lowest BCUT2D eigenvalue weighted by Crippen LogP contribution is -2.21. The third-order valence-corrected chi connectivity index (χ3v) is 3.10. The highest BCUT2D eigenvalue weighted by Crippen LogP contribution is 2.35. The molecular formula is C17H16F3NO5. The first-order chi connectivity index (χ1) is 12.3. The lowest BCUT2D eigenvalue weighted by molar-refractivity contribution is -0.137. The van der Waals surface area contributed by atoms with Crippen molar-refractivity contribution in [2.75, 3.05) is 18.5 Å². The maximum atomic E-state index is 12.9. The highest BCUT2D eigenvalue weighted by Gasteiger charge is 2.31. The van der Waals surface area contributed by atoms with Crippen LogP contribution in [0, 0.1) is 0 Å². The zero-order chi connectivity index (χ0) is 19.2. The van der Waals surface area contributed by atoms with Gasteiger partial charge in [-0.15, -0.1) is 0 Å². The number of hydrogen-bond donors (Lipinski definition) is 1. The average molecular weight is 371 g/mol. The maximum absolute atomic E-state index is 12.9. The fourth-order valence-electron chi connectivity index (χ4n) is 1.93. The van der Waals surface area contributed by atoms with E-state index < -0.39 is 30.2 Å². The lowest BCUT2D eigenvalue weighted by Gasteiger charge is -2.15. The largest absolute Gasteiger partial charge is 0.491 e. The molecule has 9 heteroatoms. The van der Waals surface area contributed by atoms with Gasteiger partial charge in [0.05, 0.1) is 24.1 Å². The number of carbonyl (C=O) groups is 2. The Labute approximate surface area is 146 Å². The van der Waals surface area contributed by atoms with Crippen molar-refractivity contribution in [2.45, 2.75) is 19.5 Å². The van der Waals surface area contributed by atoms with Gasteiger partial charge in [-0.1, -0.05) is 6.92 Å². The molecule has 0 spiro atoms. The van der Waals surface area contributed by atoms with Crippen LogP contribution >= 0.6 is 0 Å². The van der Waals surface area contributed by atoms with Crippen LogP contribution in [0.4, 0.5) is 18.9 Å². The summed E-state index contributed by atoms with van der Waals surface area (Å²) >= 11 is 0. The van der Waals surface area contributed by atoms with Gasteiger partial charge in [-0.2, -0.15) is 13.2 Å². The molecule has 0 fully saturated rings. The van der Waals surface area contributed by atoms with Crippen LogP contribution in [-0.2, 0) is 15.7 Å². The van der Waals surface area contributed by atoms with Crippen LogP contribution in [0.25, 0.3) is 0 Å². The van der Waals surface area contributed by atoms with Crippen molar-refractivity contribution in [3.05, 3.63) is 47.9 Å². The average Bonchev–Trinajstić information content (AvgIpc) is 3.12. The number of rotatable bonds is 7. The van der Waals surface area contributed by atoms with Gasteiger partial charge in [0.1, 0.15) is 5.75 Å². The van der Waals surface area contributed by atoms with E-state index in [1.54, 1.807) is 0 Å². The van der Waals surface area contributed by atoms with E-state index in [4.69, 9.17) is 13.9 Å². The highest BCUT2D eigenvalue weighted by atomic mass is 19.4. The SMILES string of the molecule is CCCOc1ccc(C(F)(F)F)cc1NC(=O)COC(=O)c1ccco1. The Morgan fingerprint density at radius 2 is 2.00 bits per heavy atom. The van der Waals surface area contributed by atoms with E-state index in [1.165, 1.54) is 18.4 Å². The van der Waals surface area contributed by atoms with Gasteiger partial charge in [0.15, 0.2) is 6.61 Å². The van der Waals surface area contributed by atoms with Gasteiger partial charge in [0.2, 0.25) is 5.76 Å². The van der Waals surface area contributed by atoms with Gasteiger partial charge in [-0.3, -0.25) is 4.79 Å². The Morgan fingerprint density at radius 3 is 2.62 bits per heavy atom. The van der Waals surface area contributed by atoms with E-state index in [1.807, 2.05) is 6.92 Å². The maximum Gasteiger partial charge on any atom is 0.416 e. The van der Waals surface area contributed by atoms with Crippen molar-refractivity contribution in [1.82, 2.24) is 0 Å². The Balaban J connectivity index is 2.07. The summed E-state index contributed by atoms with van der Waals surface area (Å²) in [6.07, 6.45) is -2.68. The first kappa shape index (κ1) is 19.4. The highest BCUT2D eigenvalue weighted by molar-refractivity contribution is 5.95. The second-order valence-electron chi connectivity index (χ2n) is 5.16. The number of nitrogens with one attached hydrogen (secondary N) is 1. The molecule has 0 aliphatic heterocycles. The molecule has 0 bridgehead atoms. The standard InChI is InChI=1S/C17H16F3NO5/c1-2-7-24-13-6-5-11(17(18,19)20)9-12(13)21-15(22)10-26-16(23)14-4-3-8-25-14/h3-6,8-9H,2,7,10H2,1H3,(H,21,22). The molecule has 0 saturated carbocycles. The van der Waals surface area contributed by atoms with Crippen molar-refractivity contribution < 1.29 is 36.7 Å². The van der Waals surface area contributed by atoms with E-state index >= 15 is 0 Å². The molecule has 1 aromatic heterocycles. The predicted octanol–water partition coefficient (Wildman–Crippen LogP) is 3.88. The molecule has 1 heterocycles. The quantitative estimate of drug-likeness (QED) is 0.748. The number of amides is 1. The van der Waals surface area contributed by atoms with Crippen molar-refractivity contribution in [3.63, 3.8) is 0 Å². The molecule has 0 atom stereocenters. The second-order valence-corrected chi connectivity index (χ2v) is 5.16. The first-order valence-electron chi connectivity index (χ1n) is 7.65. The normalized spacial score (nSPS) is 11.1. The van der Waals surface area contributed by atoms with Gasteiger partial charge in [-0.05, 0) is 36.8 Å². The van der Waals surface area contributed by atoms with E-state index in [2.05, 4.69) is 5.32 Å². The fraction of sp³-hybridized carbons (Fsp3) is 0.294. The molecule has 140 valence electrons. The topological polar surface area (TPSA) is 77.8 Å². The molecule has 6 nitrogen and oxygen atoms in total. The van der Waals surface area contributed by atoms with Crippen LogP contribution in [0.3, 0.4) is 0 Å². The molecule has 2 aromatic rings. The summed E-state index contributed by atoms with van der Waals surface area (Å²) in [6.45, 7) is 1.40. The molecule has 0 aliphatic carbocycles. The molecule has 1 aromatic carbocycles. The molecule has 26 heavy (non-hydrogen) atoms. The summed E-state index contributed by atoms with van der Waals surface area (Å²) in [5, 5.41) is 2.26. The van der Waals surface area contributed by atoms with Crippen LogP contribution in [0.2, 0.25) is 0 Å². The van der Waals surface area contributed by atoms with Crippen LogP contribution in [0.5, 0.6) is 5.75 Å². The Morgan fingerprint density at radius 1 is 1.23 bits per heavy atom. The fourth-order valence-corrected chi connectivity index (χ4v) is 1.93. The van der Waals surface area contributed by atoms with Crippen molar-refractivity contribution in [2.24, 2.45) is 0 Å². The van der Waals surface area contributed by atoms with Gasteiger partial charge in [-0.25, -0.2) is 4.79 Å². The van der Waals surface area contributed by atoms with Crippen molar-refractivity contribution in [3.8, 4) is 5.75 Å². The van der Waals surface area contributed by atoms with Crippen molar-refractivity contribution >= 4 is 17.6 Å². The number of furan rings is 1. The van der Waals surface area contributed by atoms with Crippen LogP contribution in [-0.4, -0.2) is 25.1 Å². The monoisotopic (exact) mass is 371 g/mol. The number of carbonyl (C=O) groups excluding carboxylic acids is 2. The summed E-state index contributed by atoms with van der Waals surface area (Å²) in [7, 11) is 0. The minimum absolute atomic E-state index is 0.0885. The van der Waals surface area contributed by atoms with Gasteiger partial charge >= 0.3 is 12.1 Å².